The van der Waals surface area contributed by atoms with E-state index in [0.29, 0.717) is 35.4 Å². The van der Waals surface area contributed by atoms with Gasteiger partial charge in [0.2, 0.25) is 0 Å². The quantitative estimate of drug-likeness (QED) is 0.719. The Labute approximate surface area is 132 Å². The molecule has 0 saturated carbocycles. The predicted molar refractivity (Wildman–Crippen MR) is 80.9 cm³/mol. The minimum absolute atomic E-state index is 0.135. The summed E-state index contributed by atoms with van der Waals surface area (Å²) in [6, 6.07) is 4.95. The fourth-order valence-corrected chi connectivity index (χ4v) is 1.98. The van der Waals surface area contributed by atoms with E-state index < -0.39 is 6.10 Å². The third-order valence-corrected chi connectivity index (χ3v) is 3.24. The molecule has 114 valence electrons. The van der Waals surface area contributed by atoms with Gasteiger partial charge in [-0.2, -0.15) is 0 Å². The van der Waals surface area contributed by atoms with E-state index in [2.05, 4.69) is 15.6 Å². The number of halogens is 2. The van der Waals surface area contributed by atoms with E-state index in [1.807, 2.05) is 0 Å². The highest BCUT2D eigenvalue weighted by Gasteiger charge is 2.08. The lowest BCUT2D eigenvalue weighted by molar-refractivity contribution is 0.106. The van der Waals surface area contributed by atoms with Gasteiger partial charge in [0, 0.05) is 30.4 Å². The maximum absolute atomic E-state index is 9.83. The van der Waals surface area contributed by atoms with Crippen molar-refractivity contribution in [3.8, 4) is 5.75 Å². The molecule has 1 aromatic heterocycles. The molecule has 0 amide bonds. The molecule has 1 heterocycles. The summed E-state index contributed by atoms with van der Waals surface area (Å²) in [6.45, 7) is 1.91. The van der Waals surface area contributed by atoms with Crippen LogP contribution in [0, 0.1) is 0 Å². The number of rotatable bonds is 8. The summed E-state index contributed by atoms with van der Waals surface area (Å²) in [6.07, 6.45) is 2.76. The first-order chi connectivity index (χ1) is 10.1. The highest BCUT2D eigenvalue weighted by molar-refractivity contribution is 6.34. The van der Waals surface area contributed by atoms with E-state index in [1.54, 1.807) is 35.3 Å². The Bertz CT molecular complexity index is 551. The molecule has 2 N–H and O–H groups in total. The van der Waals surface area contributed by atoms with E-state index >= 15 is 0 Å². The van der Waals surface area contributed by atoms with E-state index in [0.717, 1.165) is 0 Å². The summed E-state index contributed by atoms with van der Waals surface area (Å²) in [7, 11) is 0. The molecule has 0 radical (unpaired) electrons. The van der Waals surface area contributed by atoms with Crippen LogP contribution >= 0.6 is 23.2 Å². The molecular formula is C13H16Cl2N4O2. The van der Waals surface area contributed by atoms with Gasteiger partial charge in [-0.15, -0.1) is 5.10 Å². The highest BCUT2D eigenvalue weighted by atomic mass is 35.5. The Morgan fingerprint density at radius 2 is 2.24 bits per heavy atom. The van der Waals surface area contributed by atoms with Crippen LogP contribution in [-0.4, -0.2) is 45.9 Å². The van der Waals surface area contributed by atoms with Crippen molar-refractivity contribution in [2.24, 2.45) is 0 Å². The number of aromatic nitrogens is 3. The molecule has 1 unspecified atom stereocenters. The summed E-state index contributed by atoms with van der Waals surface area (Å²) in [4.78, 5) is 0. The maximum atomic E-state index is 9.83. The largest absolute Gasteiger partial charge is 0.489 e. The van der Waals surface area contributed by atoms with E-state index in [4.69, 9.17) is 27.9 Å². The van der Waals surface area contributed by atoms with Gasteiger partial charge >= 0.3 is 0 Å². The lowest BCUT2D eigenvalue weighted by atomic mass is 10.3. The second-order valence-electron chi connectivity index (χ2n) is 4.41. The standard InChI is InChI=1S/C13H16Cl2N4O2/c14-10-1-2-12(15)13(7-10)21-9-11(20)8-16-3-5-19-6-4-17-18-19/h1-2,4,6-7,11,16,20H,3,5,8-9H2. The zero-order valence-electron chi connectivity index (χ0n) is 11.2. The molecule has 0 bridgehead atoms. The summed E-state index contributed by atoms with van der Waals surface area (Å²) < 4.78 is 7.16. The first-order valence-electron chi connectivity index (χ1n) is 6.46. The van der Waals surface area contributed by atoms with Gasteiger partial charge in [0.05, 0.1) is 17.8 Å². The molecule has 0 saturated heterocycles. The van der Waals surface area contributed by atoms with Crippen molar-refractivity contribution in [2.45, 2.75) is 12.6 Å². The predicted octanol–water partition coefficient (Wildman–Crippen LogP) is 1.61. The van der Waals surface area contributed by atoms with Gasteiger partial charge in [0.15, 0.2) is 0 Å². The van der Waals surface area contributed by atoms with Crippen LogP contribution < -0.4 is 10.1 Å². The van der Waals surface area contributed by atoms with Crippen molar-refractivity contribution in [2.75, 3.05) is 19.7 Å². The van der Waals surface area contributed by atoms with Crippen molar-refractivity contribution < 1.29 is 9.84 Å². The van der Waals surface area contributed by atoms with E-state index in [1.165, 1.54) is 0 Å². The van der Waals surface area contributed by atoms with Crippen molar-refractivity contribution in [1.29, 1.82) is 0 Å². The number of ether oxygens (including phenoxy) is 1. The number of aliphatic hydroxyl groups excluding tert-OH is 1. The first kappa shape index (κ1) is 16.0. The van der Waals surface area contributed by atoms with Gasteiger partial charge in [0.25, 0.3) is 0 Å². The van der Waals surface area contributed by atoms with Gasteiger partial charge in [0.1, 0.15) is 18.5 Å². The number of aliphatic hydroxyl groups is 1. The van der Waals surface area contributed by atoms with Gasteiger partial charge in [-0.3, -0.25) is 4.68 Å². The van der Waals surface area contributed by atoms with Crippen molar-refractivity contribution in [3.05, 3.63) is 40.6 Å². The average molecular weight is 331 g/mol. The zero-order valence-corrected chi connectivity index (χ0v) is 12.8. The normalized spacial score (nSPS) is 12.3. The minimum atomic E-state index is -0.643. The monoisotopic (exact) mass is 330 g/mol. The molecule has 0 fully saturated rings. The molecule has 2 rings (SSSR count). The van der Waals surface area contributed by atoms with Crippen LogP contribution in [0.1, 0.15) is 0 Å². The molecule has 8 heteroatoms. The number of hydrogen-bond acceptors (Lipinski definition) is 5. The molecule has 21 heavy (non-hydrogen) atoms. The van der Waals surface area contributed by atoms with Gasteiger partial charge in [-0.25, -0.2) is 0 Å². The minimum Gasteiger partial charge on any atom is -0.489 e. The summed E-state index contributed by atoms with van der Waals surface area (Å²) >= 11 is 11.8. The molecule has 1 atom stereocenters. The Morgan fingerprint density at radius 3 is 3.00 bits per heavy atom. The number of nitrogens with one attached hydrogen (secondary N) is 1. The third-order valence-electron chi connectivity index (χ3n) is 2.69. The van der Waals surface area contributed by atoms with Crippen LogP contribution in [0.25, 0.3) is 0 Å². The Balaban J connectivity index is 1.65. The topological polar surface area (TPSA) is 72.2 Å². The van der Waals surface area contributed by atoms with E-state index in [9.17, 15) is 5.11 Å². The summed E-state index contributed by atoms with van der Waals surface area (Å²) in [5.41, 5.74) is 0. The summed E-state index contributed by atoms with van der Waals surface area (Å²) in [5.74, 6) is 0.464. The third kappa shape index (κ3) is 5.51. The number of nitrogens with zero attached hydrogens (tertiary/aromatic N) is 3. The van der Waals surface area contributed by atoms with Crippen LogP contribution in [0.5, 0.6) is 5.75 Å². The smallest absolute Gasteiger partial charge is 0.139 e. The first-order valence-corrected chi connectivity index (χ1v) is 7.21. The lowest BCUT2D eigenvalue weighted by Gasteiger charge is -2.14. The highest BCUT2D eigenvalue weighted by Crippen LogP contribution is 2.27. The van der Waals surface area contributed by atoms with E-state index in [-0.39, 0.29) is 6.61 Å². The Morgan fingerprint density at radius 1 is 1.38 bits per heavy atom. The van der Waals surface area contributed by atoms with Crippen LogP contribution in [0.15, 0.2) is 30.6 Å². The number of benzene rings is 1. The van der Waals surface area contributed by atoms with Crippen LogP contribution in [0.3, 0.4) is 0 Å². The molecule has 0 aliphatic carbocycles. The Kier molecular flexibility index (Phi) is 6.25. The van der Waals surface area contributed by atoms with Crippen molar-refractivity contribution in [1.82, 2.24) is 20.3 Å². The maximum Gasteiger partial charge on any atom is 0.139 e. The van der Waals surface area contributed by atoms with Gasteiger partial charge < -0.3 is 15.2 Å². The number of hydrogen-bond donors (Lipinski definition) is 2. The van der Waals surface area contributed by atoms with Crippen LogP contribution in [0.4, 0.5) is 0 Å². The molecule has 1 aromatic carbocycles. The second-order valence-corrected chi connectivity index (χ2v) is 5.25. The van der Waals surface area contributed by atoms with Crippen molar-refractivity contribution in [3.63, 3.8) is 0 Å². The fourth-order valence-electron chi connectivity index (χ4n) is 1.65. The SMILES string of the molecule is OC(CNCCn1ccnn1)COc1cc(Cl)ccc1Cl. The molecule has 6 nitrogen and oxygen atoms in total. The molecule has 0 aliphatic heterocycles. The second kappa shape index (κ2) is 8.19. The Hall–Kier alpha value is -1.34. The van der Waals surface area contributed by atoms with Gasteiger partial charge in [-0.05, 0) is 12.1 Å². The van der Waals surface area contributed by atoms with Crippen LogP contribution in [0.2, 0.25) is 10.0 Å². The fraction of sp³-hybridized carbons (Fsp3) is 0.385. The average Bonchev–Trinajstić information content (AvgIpc) is 2.98. The molecular weight excluding hydrogens is 315 g/mol. The molecule has 2 aromatic rings. The van der Waals surface area contributed by atoms with Gasteiger partial charge in [-0.1, -0.05) is 28.4 Å². The molecule has 0 aliphatic rings. The van der Waals surface area contributed by atoms with Crippen LogP contribution in [-0.2, 0) is 6.54 Å². The zero-order chi connectivity index (χ0) is 15.1. The molecule has 0 spiro atoms. The summed E-state index contributed by atoms with van der Waals surface area (Å²) in [5, 5.41) is 21.5. The van der Waals surface area contributed by atoms with Crippen molar-refractivity contribution >= 4 is 23.2 Å². The lowest BCUT2D eigenvalue weighted by Crippen LogP contribution is -2.33.